The Balaban J connectivity index is 2.98. The van der Waals surface area contributed by atoms with Crippen LogP contribution in [0.25, 0.3) is 0 Å². The zero-order chi connectivity index (χ0) is 13.7. The first-order chi connectivity index (χ1) is 8.54. The van der Waals surface area contributed by atoms with Crippen molar-refractivity contribution >= 4 is 11.9 Å². The Hall–Kier alpha value is -2.87. The Labute approximate surface area is 103 Å². The van der Waals surface area contributed by atoms with E-state index < -0.39 is 18.0 Å². The lowest BCUT2D eigenvalue weighted by Crippen LogP contribution is -2.40. The molecule has 8 nitrogen and oxygen atoms in total. The van der Waals surface area contributed by atoms with Crippen LogP contribution >= 0.6 is 0 Å². The van der Waals surface area contributed by atoms with Gasteiger partial charge in [0.25, 0.3) is 5.91 Å². The van der Waals surface area contributed by atoms with Gasteiger partial charge in [0, 0.05) is 7.05 Å². The van der Waals surface area contributed by atoms with Crippen LogP contribution in [0.15, 0.2) is 6.33 Å². The Morgan fingerprint density at radius 1 is 1.44 bits per heavy atom. The number of rotatable bonds is 2. The van der Waals surface area contributed by atoms with Gasteiger partial charge in [0.2, 0.25) is 0 Å². The van der Waals surface area contributed by atoms with E-state index in [-0.39, 0.29) is 11.4 Å². The van der Waals surface area contributed by atoms with Crippen LogP contribution in [0.3, 0.4) is 0 Å². The van der Waals surface area contributed by atoms with E-state index in [4.69, 9.17) is 10.5 Å². The highest BCUT2D eigenvalue weighted by Gasteiger charge is 2.21. The largest absolute Gasteiger partial charge is 0.341 e. The molecule has 1 heterocycles. The molecule has 3 amide bonds. The summed E-state index contributed by atoms with van der Waals surface area (Å²) in [7, 11) is 1.37. The SMILES string of the molecule is CNC(=O)NC(=O)C(C)n1cnc(C#N)c1C#N. The molecule has 18 heavy (non-hydrogen) atoms. The average molecular weight is 246 g/mol. The number of amides is 3. The summed E-state index contributed by atoms with van der Waals surface area (Å²) >= 11 is 0. The third-order valence-corrected chi connectivity index (χ3v) is 2.27. The number of hydrogen-bond donors (Lipinski definition) is 2. The summed E-state index contributed by atoms with van der Waals surface area (Å²) in [6.45, 7) is 1.49. The molecule has 0 bridgehead atoms. The van der Waals surface area contributed by atoms with Crippen LogP contribution in [0.4, 0.5) is 4.79 Å². The number of imide groups is 1. The third kappa shape index (κ3) is 2.44. The summed E-state index contributed by atoms with van der Waals surface area (Å²) in [5, 5.41) is 21.9. The van der Waals surface area contributed by atoms with E-state index in [0.29, 0.717) is 0 Å². The van der Waals surface area contributed by atoms with Gasteiger partial charge in [-0.15, -0.1) is 0 Å². The molecule has 0 radical (unpaired) electrons. The summed E-state index contributed by atoms with van der Waals surface area (Å²) in [6, 6.07) is 2.07. The number of nitriles is 2. The van der Waals surface area contributed by atoms with Gasteiger partial charge < -0.3 is 9.88 Å². The van der Waals surface area contributed by atoms with E-state index >= 15 is 0 Å². The normalized spacial score (nSPS) is 10.9. The summed E-state index contributed by atoms with van der Waals surface area (Å²) < 4.78 is 1.23. The predicted molar refractivity (Wildman–Crippen MR) is 59.0 cm³/mol. The van der Waals surface area contributed by atoms with E-state index in [9.17, 15) is 9.59 Å². The highest BCUT2D eigenvalue weighted by Crippen LogP contribution is 2.12. The summed E-state index contributed by atoms with van der Waals surface area (Å²) in [4.78, 5) is 26.4. The molecule has 2 N–H and O–H groups in total. The zero-order valence-electron chi connectivity index (χ0n) is 9.76. The number of imidazole rings is 1. The first-order valence-corrected chi connectivity index (χ1v) is 4.94. The highest BCUT2D eigenvalue weighted by molar-refractivity contribution is 5.96. The molecule has 0 spiro atoms. The molecule has 1 aromatic rings. The summed E-state index contributed by atoms with van der Waals surface area (Å²) in [5.74, 6) is -0.604. The van der Waals surface area contributed by atoms with Crippen molar-refractivity contribution in [3.8, 4) is 12.1 Å². The molecule has 0 saturated heterocycles. The second kappa shape index (κ2) is 5.46. The van der Waals surface area contributed by atoms with Crippen molar-refractivity contribution in [2.24, 2.45) is 0 Å². The molecule has 1 unspecified atom stereocenters. The van der Waals surface area contributed by atoms with E-state index in [1.54, 1.807) is 12.1 Å². The molecular formula is C10H10N6O2. The Bertz CT molecular complexity index is 562. The van der Waals surface area contributed by atoms with Crippen molar-refractivity contribution in [3.63, 3.8) is 0 Å². The standard InChI is InChI=1S/C10H10N6O2/c1-6(9(17)15-10(18)13-2)16-5-14-7(3-11)8(16)4-12/h5-6H,1-2H3,(H2,13,15,17,18). The molecule has 1 atom stereocenters. The van der Waals surface area contributed by atoms with E-state index in [1.807, 2.05) is 0 Å². The van der Waals surface area contributed by atoms with Crippen LogP contribution in [-0.2, 0) is 4.79 Å². The van der Waals surface area contributed by atoms with Gasteiger partial charge in [-0.1, -0.05) is 0 Å². The number of carbonyl (C=O) groups excluding carboxylic acids is 2. The number of nitrogens with one attached hydrogen (secondary N) is 2. The number of aromatic nitrogens is 2. The third-order valence-electron chi connectivity index (χ3n) is 2.27. The fraction of sp³-hybridized carbons (Fsp3) is 0.300. The van der Waals surface area contributed by atoms with Crippen LogP contribution in [0, 0.1) is 22.7 Å². The molecular weight excluding hydrogens is 236 g/mol. The van der Waals surface area contributed by atoms with Gasteiger partial charge in [0.15, 0.2) is 11.4 Å². The van der Waals surface area contributed by atoms with Crippen molar-refractivity contribution in [1.29, 1.82) is 10.5 Å². The predicted octanol–water partition coefficient (Wildman–Crippen LogP) is -0.357. The number of hydrogen-bond acceptors (Lipinski definition) is 5. The number of carbonyl (C=O) groups is 2. The molecule has 92 valence electrons. The van der Waals surface area contributed by atoms with Gasteiger partial charge in [-0.05, 0) is 6.92 Å². The van der Waals surface area contributed by atoms with Crippen LogP contribution in [-0.4, -0.2) is 28.5 Å². The van der Waals surface area contributed by atoms with Crippen molar-refractivity contribution in [2.75, 3.05) is 7.05 Å². The summed E-state index contributed by atoms with van der Waals surface area (Å²) in [6.07, 6.45) is 1.21. The first-order valence-electron chi connectivity index (χ1n) is 4.94. The molecule has 0 aliphatic rings. The van der Waals surface area contributed by atoms with Crippen LogP contribution < -0.4 is 10.6 Å². The van der Waals surface area contributed by atoms with Gasteiger partial charge in [0.1, 0.15) is 18.2 Å². The van der Waals surface area contributed by atoms with Crippen molar-refractivity contribution < 1.29 is 9.59 Å². The number of nitrogens with zero attached hydrogens (tertiary/aromatic N) is 4. The Morgan fingerprint density at radius 2 is 2.11 bits per heavy atom. The molecule has 1 aromatic heterocycles. The van der Waals surface area contributed by atoms with Gasteiger partial charge in [-0.3, -0.25) is 10.1 Å². The van der Waals surface area contributed by atoms with Crippen LogP contribution in [0.5, 0.6) is 0 Å². The fourth-order valence-corrected chi connectivity index (χ4v) is 1.25. The maximum Gasteiger partial charge on any atom is 0.321 e. The van der Waals surface area contributed by atoms with Gasteiger partial charge in [0.05, 0.1) is 6.33 Å². The van der Waals surface area contributed by atoms with Gasteiger partial charge in [-0.25, -0.2) is 9.78 Å². The molecule has 0 aliphatic heterocycles. The quantitative estimate of drug-likeness (QED) is 0.737. The first kappa shape index (κ1) is 13.2. The van der Waals surface area contributed by atoms with E-state index in [1.165, 1.54) is 24.9 Å². The average Bonchev–Trinajstić information content (AvgIpc) is 2.79. The van der Waals surface area contributed by atoms with E-state index in [0.717, 1.165) is 0 Å². The van der Waals surface area contributed by atoms with Crippen LogP contribution in [0.1, 0.15) is 24.4 Å². The highest BCUT2D eigenvalue weighted by atomic mass is 16.2. The lowest BCUT2D eigenvalue weighted by molar-refractivity contribution is -0.122. The van der Waals surface area contributed by atoms with Crippen molar-refractivity contribution in [2.45, 2.75) is 13.0 Å². The minimum atomic E-state index is -0.827. The van der Waals surface area contributed by atoms with E-state index in [2.05, 4.69) is 15.6 Å². The molecule has 0 aliphatic carbocycles. The van der Waals surface area contributed by atoms with Crippen molar-refractivity contribution in [3.05, 3.63) is 17.7 Å². The summed E-state index contributed by atoms with van der Waals surface area (Å²) in [5.41, 5.74) is -0.0749. The molecule has 0 aromatic carbocycles. The lowest BCUT2D eigenvalue weighted by atomic mass is 10.2. The minimum Gasteiger partial charge on any atom is -0.341 e. The molecule has 0 fully saturated rings. The number of urea groups is 1. The molecule has 1 rings (SSSR count). The Morgan fingerprint density at radius 3 is 2.61 bits per heavy atom. The fourth-order valence-electron chi connectivity index (χ4n) is 1.25. The maximum atomic E-state index is 11.7. The lowest BCUT2D eigenvalue weighted by Gasteiger charge is -2.13. The molecule has 0 saturated carbocycles. The maximum absolute atomic E-state index is 11.7. The second-order valence-corrected chi connectivity index (χ2v) is 3.32. The topological polar surface area (TPSA) is 124 Å². The monoisotopic (exact) mass is 246 g/mol. The van der Waals surface area contributed by atoms with Gasteiger partial charge in [-0.2, -0.15) is 10.5 Å². The second-order valence-electron chi connectivity index (χ2n) is 3.32. The zero-order valence-corrected chi connectivity index (χ0v) is 9.76. The minimum absolute atomic E-state index is 0.0166. The molecule has 8 heteroatoms. The smallest absolute Gasteiger partial charge is 0.321 e. The van der Waals surface area contributed by atoms with Crippen molar-refractivity contribution in [1.82, 2.24) is 20.2 Å². The van der Waals surface area contributed by atoms with Crippen LogP contribution in [0.2, 0.25) is 0 Å². The Kier molecular flexibility index (Phi) is 4.00. The van der Waals surface area contributed by atoms with Gasteiger partial charge >= 0.3 is 6.03 Å².